The molecule has 0 fully saturated rings. The van der Waals surface area contributed by atoms with Crippen molar-refractivity contribution in [1.82, 2.24) is 15.1 Å². The number of aromatic nitrogens is 2. The van der Waals surface area contributed by atoms with E-state index in [1.54, 1.807) is 4.90 Å². The number of ether oxygens (including phenoxy) is 1. The van der Waals surface area contributed by atoms with Crippen LogP contribution < -0.4 is 0 Å². The van der Waals surface area contributed by atoms with Crippen LogP contribution in [0.4, 0.5) is 4.79 Å². The Morgan fingerprint density at radius 3 is 2.37 bits per heavy atom. The van der Waals surface area contributed by atoms with Crippen molar-refractivity contribution in [2.24, 2.45) is 0 Å². The summed E-state index contributed by atoms with van der Waals surface area (Å²) in [7, 11) is 0. The molecule has 0 unspecified atom stereocenters. The van der Waals surface area contributed by atoms with Gasteiger partial charge in [-0.3, -0.25) is 0 Å². The van der Waals surface area contributed by atoms with Crippen molar-refractivity contribution in [3.05, 3.63) is 21.4 Å². The maximum absolute atomic E-state index is 12.0. The summed E-state index contributed by atoms with van der Waals surface area (Å²) in [5, 5.41) is 8.17. The third kappa shape index (κ3) is 3.28. The Balaban J connectivity index is 2.18. The minimum atomic E-state index is -0.519. The second kappa shape index (κ2) is 5.13. The smallest absolute Gasteiger partial charge is 0.410 e. The number of halogens is 2. The van der Waals surface area contributed by atoms with E-state index in [1.807, 2.05) is 20.8 Å². The highest BCUT2D eigenvalue weighted by molar-refractivity contribution is 6.32. The van der Waals surface area contributed by atoms with Gasteiger partial charge in [-0.2, -0.15) is 0 Å². The molecule has 1 aliphatic heterocycles. The molecule has 7 heteroatoms. The Bertz CT molecular complexity index is 514. The molecule has 0 bridgehead atoms. The van der Waals surface area contributed by atoms with Crippen LogP contribution in [0.25, 0.3) is 0 Å². The Labute approximate surface area is 121 Å². The molecular formula is C12H15Cl2N3O2. The van der Waals surface area contributed by atoms with E-state index in [9.17, 15) is 4.79 Å². The van der Waals surface area contributed by atoms with Crippen molar-refractivity contribution in [2.45, 2.75) is 39.3 Å². The molecule has 0 aliphatic carbocycles. The van der Waals surface area contributed by atoms with Gasteiger partial charge < -0.3 is 9.64 Å². The van der Waals surface area contributed by atoms with Gasteiger partial charge in [0.05, 0.1) is 6.54 Å². The summed E-state index contributed by atoms with van der Waals surface area (Å²) in [6, 6.07) is 0. The Hall–Kier alpha value is -1.07. The Morgan fingerprint density at radius 1 is 1.21 bits per heavy atom. The fourth-order valence-corrected chi connectivity index (χ4v) is 2.33. The number of carbonyl (C=O) groups excluding carboxylic acids is 1. The fraction of sp³-hybridized carbons (Fsp3) is 0.583. The molecule has 0 atom stereocenters. The highest BCUT2D eigenvalue weighted by Gasteiger charge is 2.28. The van der Waals surface area contributed by atoms with E-state index in [2.05, 4.69) is 10.2 Å². The highest BCUT2D eigenvalue weighted by atomic mass is 35.5. The molecule has 0 saturated carbocycles. The van der Waals surface area contributed by atoms with Crippen LogP contribution in [0.2, 0.25) is 10.3 Å². The van der Waals surface area contributed by atoms with Crippen LogP contribution in [-0.4, -0.2) is 33.3 Å². The maximum atomic E-state index is 12.0. The van der Waals surface area contributed by atoms with Gasteiger partial charge >= 0.3 is 6.09 Å². The summed E-state index contributed by atoms with van der Waals surface area (Å²) in [6.07, 6.45) is 0.241. The lowest BCUT2D eigenvalue weighted by Crippen LogP contribution is -2.40. The number of hydrogen-bond donors (Lipinski definition) is 0. The second-order valence-electron chi connectivity index (χ2n) is 5.39. The van der Waals surface area contributed by atoms with Crippen LogP contribution in [0.1, 0.15) is 31.9 Å². The average Bonchev–Trinajstić information content (AvgIpc) is 2.31. The molecule has 5 nitrogen and oxygen atoms in total. The van der Waals surface area contributed by atoms with Gasteiger partial charge in [0.15, 0.2) is 10.3 Å². The van der Waals surface area contributed by atoms with Crippen molar-refractivity contribution < 1.29 is 9.53 Å². The largest absolute Gasteiger partial charge is 0.444 e. The summed E-state index contributed by atoms with van der Waals surface area (Å²) in [5.41, 5.74) is 1.09. The fourth-order valence-electron chi connectivity index (χ4n) is 1.87. The maximum Gasteiger partial charge on any atom is 0.410 e. The van der Waals surface area contributed by atoms with Crippen molar-refractivity contribution in [2.75, 3.05) is 6.54 Å². The number of amides is 1. The minimum absolute atomic E-state index is 0.285. The van der Waals surface area contributed by atoms with E-state index in [-0.39, 0.29) is 11.2 Å². The molecule has 104 valence electrons. The van der Waals surface area contributed by atoms with Gasteiger partial charge in [-0.25, -0.2) is 4.79 Å². The monoisotopic (exact) mass is 303 g/mol. The van der Waals surface area contributed by atoms with E-state index in [0.29, 0.717) is 24.7 Å². The zero-order chi connectivity index (χ0) is 14.2. The normalized spacial score (nSPS) is 15.1. The molecule has 0 aromatic carbocycles. The molecule has 2 heterocycles. The first-order valence-corrected chi connectivity index (χ1v) is 6.71. The van der Waals surface area contributed by atoms with Crippen LogP contribution in [0, 0.1) is 0 Å². The molecule has 1 amide bonds. The Kier molecular flexibility index (Phi) is 3.87. The molecule has 2 rings (SSSR count). The van der Waals surface area contributed by atoms with Gasteiger partial charge in [-0.1, -0.05) is 23.2 Å². The van der Waals surface area contributed by atoms with Gasteiger partial charge in [-0.05, 0) is 27.2 Å². The summed E-state index contributed by atoms with van der Waals surface area (Å²) in [6.45, 7) is 6.37. The van der Waals surface area contributed by atoms with E-state index in [1.165, 1.54) is 0 Å². The third-order valence-electron chi connectivity index (χ3n) is 2.72. The molecule has 0 spiro atoms. The zero-order valence-corrected chi connectivity index (χ0v) is 12.5. The Morgan fingerprint density at radius 2 is 1.79 bits per heavy atom. The highest BCUT2D eigenvalue weighted by Crippen LogP contribution is 2.29. The minimum Gasteiger partial charge on any atom is -0.444 e. The van der Waals surface area contributed by atoms with Crippen molar-refractivity contribution in [1.29, 1.82) is 0 Å². The van der Waals surface area contributed by atoms with Gasteiger partial charge in [-0.15, -0.1) is 10.2 Å². The SMILES string of the molecule is CC(C)(C)OC(=O)N1CCc2c(Cl)nnc(Cl)c2C1. The molecule has 1 aromatic heterocycles. The van der Waals surface area contributed by atoms with E-state index in [0.717, 1.165) is 11.1 Å². The molecule has 0 N–H and O–H groups in total. The first kappa shape index (κ1) is 14.3. The van der Waals surface area contributed by atoms with Crippen LogP contribution >= 0.6 is 23.2 Å². The number of hydrogen-bond acceptors (Lipinski definition) is 4. The lowest BCUT2D eigenvalue weighted by molar-refractivity contribution is 0.0223. The summed E-state index contributed by atoms with van der Waals surface area (Å²) < 4.78 is 5.34. The van der Waals surface area contributed by atoms with Crippen molar-refractivity contribution in [3.8, 4) is 0 Å². The lowest BCUT2D eigenvalue weighted by Gasteiger charge is -2.31. The standard InChI is InChI=1S/C12H15Cl2N3O2/c1-12(2,3)19-11(18)17-5-4-7-8(6-17)10(14)16-15-9(7)13/h4-6H2,1-3H3. The van der Waals surface area contributed by atoms with E-state index >= 15 is 0 Å². The number of fused-ring (bicyclic) bond motifs is 1. The van der Waals surface area contributed by atoms with Crippen molar-refractivity contribution in [3.63, 3.8) is 0 Å². The molecule has 0 radical (unpaired) electrons. The van der Waals surface area contributed by atoms with Crippen LogP contribution in [0.5, 0.6) is 0 Å². The summed E-state index contributed by atoms with van der Waals surface area (Å²) in [4.78, 5) is 13.6. The zero-order valence-electron chi connectivity index (χ0n) is 11.0. The number of rotatable bonds is 0. The number of nitrogens with zero attached hydrogens (tertiary/aromatic N) is 3. The van der Waals surface area contributed by atoms with Crippen LogP contribution in [0.3, 0.4) is 0 Å². The predicted octanol–water partition coefficient (Wildman–Crippen LogP) is 3.08. The first-order valence-electron chi connectivity index (χ1n) is 5.95. The predicted molar refractivity (Wildman–Crippen MR) is 72.4 cm³/mol. The van der Waals surface area contributed by atoms with Gasteiger partial charge in [0.2, 0.25) is 0 Å². The number of carbonyl (C=O) groups is 1. The van der Waals surface area contributed by atoms with Crippen molar-refractivity contribution >= 4 is 29.3 Å². The summed E-state index contributed by atoms with van der Waals surface area (Å²) >= 11 is 12.0. The van der Waals surface area contributed by atoms with Gasteiger partial charge in [0, 0.05) is 17.7 Å². The van der Waals surface area contributed by atoms with Crippen LogP contribution in [-0.2, 0) is 17.7 Å². The van der Waals surface area contributed by atoms with Gasteiger partial charge in [0.25, 0.3) is 0 Å². The van der Waals surface area contributed by atoms with Crippen LogP contribution in [0.15, 0.2) is 0 Å². The van der Waals surface area contributed by atoms with E-state index in [4.69, 9.17) is 27.9 Å². The average molecular weight is 304 g/mol. The lowest BCUT2D eigenvalue weighted by atomic mass is 10.0. The van der Waals surface area contributed by atoms with Gasteiger partial charge in [0.1, 0.15) is 5.60 Å². The first-order chi connectivity index (χ1) is 8.78. The molecule has 19 heavy (non-hydrogen) atoms. The topological polar surface area (TPSA) is 55.3 Å². The quantitative estimate of drug-likeness (QED) is 0.739. The molecule has 1 aromatic rings. The summed E-state index contributed by atoms with van der Waals surface area (Å²) in [5.74, 6) is 0. The molecule has 0 saturated heterocycles. The molecule has 1 aliphatic rings. The second-order valence-corrected chi connectivity index (χ2v) is 6.11. The third-order valence-corrected chi connectivity index (χ3v) is 3.33. The molecular weight excluding hydrogens is 289 g/mol. The van der Waals surface area contributed by atoms with E-state index < -0.39 is 5.60 Å².